The third-order valence-electron chi connectivity index (χ3n) is 3.68. The van der Waals surface area contributed by atoms with Gasteiger partial charge >= 0.3 is 0 Å². The van der Waals surface area contributed by atoms with Crippen LogP contribution in [0.15, 0.2) is 59.5 Å². The molecule has 0 aromatic heterocycles. The molecule has 0 spiro atoms. The van der Waals surface area contributed by atoms with Crippen molar-refractivity contribution < 1.29 is 13.2 Å². The summed E-state index contributed by atoms with van der Waals surface area (Å²) < 4.78 is 26.9. The molecule has 1 amide bonds. The van der Waals surface area contributed by atoms with Crippen molar-refractivity contribution >= 4 is 27.3 Å². The first kappa shape index (κ1) is 19.9. The molecule has 0 aliphatic rings. The Morgan fingerprint density at radius 3 is 2.31 bits per heavy atom. The van der Waals surface area contributed by atoms with Gasteiger partial charge in [-0.1, -0.05) is 24.3 Å². The monoisotopic (exact) mass is 375 g/mol. The van der Waals surface area contributed by atoms with Crippen LogP contribution in [0.25, 0.3) is 0 Å². The highest BCUT2D eigenvalue weighted by molar-refractivity contribution is 7.92. The maximum Gasteiger partial charge on any atom is 0.264 e. The van der Waals surface area contributed by atoms with E-state index >= 15 is 0 Å². The lowest BCUT2D eigenvalue weighted by Crippen LogP contribution is -2.41. The van der Waals surface area contributed by atoms with E-state index in [1.807, 2.05) is 26.8 Å². The molecule has 2 rings (SSSR count). The maximum atomic E-state index is 12.8. The second-order valence-electron chi connectivity index (χ2n) is 6.99. The molecule has 0 atom stereocenters. The number of carbonyl (C=O) groups is 1. The Morgan fingerprint density at radius 2 is 1.69 bits per heavy atom. The van der Waals surface area contributed by atoms with E-state index in [1.165, 1.54) is 23.5 Å². The highest BCUT2D eigenvalue weighted by atomic mass is 32.2. The second-order valence-corrected chi connectivity index (χ2v) is 8.96. The van der Waals surface area contributed by atoms with Crippen LogP contribution in [0.1, 0.15) is 20.8 Å². The number of nitrogens with zero attached hydrogens (tertiary/aromatic N) is 1. The molecule has 0 aliphatic heterocycles. The fourth-order valence-electron chi connectivity index (χ4n) is 2.22. The van der Waals surface area contributed by atoms with Crippen LogP contribution in [0.5, 0.6) is 0 Å². The zero-order valence-corrected chi connectivity index (χ0v) is 16.3. The normalized spacial score (nSPS) is 11.8. The first-order valence-corrected chi connectivity index (χ1v) is 9.72. The Kier molecular flexibility index (Phi) is 6.05. The van der Waals surface area contributed by atoms with Crippen molar-refractivity contribution in [2.24, 2.45) is 0 Å². The van der Waals surface area contributed by atoms with E-state index in [4.69, 9.17) is 0 Å². The van der Waals surface area contributed by atoms with Crippen molar-refractivity contribution in [1.82, 2.24) is 5.32 Å². The van der Waals surface area contributed by atoms with Gasteiger partial charge in [0, 0.05) is 18.3 Å². The number of benzene rings is 2. The highest BCUT2D eigenvalue weighted by Crippen LogP contribution is 2.23. The number of sulfonamides is 1. The van der Waals surface area contributed by atoms with Gasteiger partial charge in [0.15, 0.2) is 0 Å². The summed E-state index contributed by atoms with van der Waals surface area (Å²) >= 11 is 0. The molecule has 0 unspecified atom stereocenters. The molecule has 140 valence electrons. The molecule has 0 bridgehead atoms. The number of para-hydroxylation sites is 1. The van der Waals surface area contributed by atoms with Crippen molar-refractivity contribution in [2.45, 2.75) is 31.2 Å². The molecule has 0 saturated heterocycles. The number of hydrogen-bond acceptors (Lipinski definition) is 4. The predicted octanol–water partition coefficient (Wildman–Crippen LogP) is 2.84. The first-order valence-electron chi connectivity index (χ1n) is 8.28. The molecule has 7 heteroatoms. The molecule has 0 radical (unpaired) electrons. The minimum Gasteiger partial charge on any atom is -0.325 e. The zero-order chi connectivity index (χ0) is 19.4. The quantitative estimate of drug-likeness (QED) is 0.814. The molecule has 2 aromatic carbocycles. The van der Waals surface area contributed by atoms with Gasteiger partial charge in [-0.05, 0) is 51.1 Å². The van der Waals surface area contributed by atoms with Gasteiger partial charge in [0.25, 0.3) is 10.0 Å². The van der Waals surface area contributed by atoms with Crippen molar-refractivity contribution in [2.75, 3.05) is 23.2 Å². The van der Waals surface area contributed by atoms with Crippen LogP contribution in [0.4, 0.5) is 11.4 Å². The third-order valence-corrected chi connectivity index (χ3v) is 5.46. The summed E-state index contributed by atoms with van der Waals surface area (Å²) in [6.45, 7) is 6.04. The average Bonchev–Trinajstić information content (AvgIpc) is 2.60. The number of amides is 1. The van der Waals surface area contributed by atoms with Crippen molar-refractivity contribution in [3.63, 3.8) is 0 Å². The molecular formula is C19H25N3O3S. The summed E-state index contributed by atoms with van der Waals surface area (Å²) in [5.74, 6) is -0.231. The Bertz CT molecular complexity index is 859. The maximum absolute atomic E-state index is 12.8. The Labute approximate surface area is 155 Å². The first-order chi connectivity index (χ1) is 12.1. The topological polar surface area (TPSA) is 78.5 Å². The van der Waals surface area contributed by atoms with Gasteiger partial charge in [0.05, 0.1) is 17.1 Å². The summed E-state index contributed by atoms with van der Waals surface area (Å²) in [7, 11) is -2.22. The lowest BCUT2D eigenvalue weighted by Gasteiger charge is -2.21. The predicted molar refractivity (Wildman–Crippen MR) is 105 cm³/mol. The summed E-state index contributed by atoms with van der Waals surface area (Å²) in [5, 5.41) is 5.81. The minimum absolute atomic E-state index is 0.116. The Balaban J connectivity index is 2.16. The summed E-state index contributed by atoms with van der Waals surface area (Å²) in [4.78, 5) is 12.2. The van der Waals surface area contributed by atoms with E-state index in [-0.39, 0.29) is 22.9 Å². The van der Waals surface area contributed by atoms with Crippen LogP contribution in [0.3, 0.4) is 0 Å². The lowest BCUT2D eigenvalue weighted by molar-refractivity contribution is -0.115. The average molecular weight is 375 g/mol. The van der Waals surface area contributed by atoms with E-state index in [0.717, 1.165) is 0 Å². The van der Waals surface area contributed by atoms with Gasteiger partial charge in [-0.2, -0.15) is 0 Å². The minimum atomic E-state index is -3.72. The number of carbonyl (C=O) groups excluding carboxylic acids is 1. The number of nitrogens with one attached hydrogen (secondary N) is 2. The van der Waals surface area contributed by atoms with E-state index in [0.29, 0.717) is 11.4 Å². The Morgan fingerprint density at radius 1 is 1.04 bits per heavy atom. The SMILES string of the molecule is CN(c1ccccc1)S(=O)(=O)c1cccc(NC(=O)CNC(C)(C)C)c1. The van der Waals surface area contributed by atoms with E-state index in [9.17, 15) is 13.2 Å². The fraction of sp³-hybridized carbons (Fsp3) is 0.316. The van der Waals surface area contributed by atoms with E-state index in [1.54, 1.807) is 36.4 Å². The smallest absolute Gasteiger partial charge is 0.264 e. The molecule has 6 nitrogen and oxygen atoms in total. The summed E-state index contributed by atoms with van der Waals surface area (Å²) in [6.07, 6.45) is 0. The van der Waals surface area contributed by atoms with Crippen molar-refractivity contribution in [1.29, 1.82) is 0 Å². The molecule has 0 heterocycles. The fourth-order valence-corrected chi connectivity index (χ4v) is 3.46. The lowest BCUT2D eigenvalue weighted by atomic mass is 10.1. The van der Waals surface area contributed by atoms with Crippen LogP contribution in [0, 0.1) is 0 Å². The standard InChI is InChI=1S/C19H25N3O3S/c1-19(2,3)20-14-18(23)21-15-9-8-12-17(13-15)26(24,25)22(4)16-10-6-5-7-11-16/h5-13,20H,14H2,1-4H3,(H,21,23). The molecule has 0 fully saturated rings. The molecule has 26 heavy (non-hydrogen) atoms. The van der Waals surface area contributed by atoms with Crippen LogP contribution in [-0.2, 0) is 14.8 Å². The molecule has 0 saturated carbocycles. The largest absolute Gasteiger partial charge is 0.325 e. The van der Waals surface area contributed by atoms with Gasteiger partial charge in [-0.25, -0.2) is 8.42 Å². The number of hydrogen-bond donors (Lipinski definition) is 2. The molecule has 0 aliphatic carbocycles. The Hall–Kier alpha value is -2.38. The van der Waals surface area contributed by atoms with Gasteiger partial charge in [0.1, 0.15) is 0 Å². The number of rotatable bonds is 6. The van der Waals surface area contributed by atoms with E-state index < -0.39 is 10.0 Å². The number of anilines is 2. The van der Waals surface area contributed by atoms with Crippen LogP contribution >= 0.6 is 0 Å². The summed E-state index contributed by atoms with van der Waals surface area (Å²) in [5.41, 5.74) is 0.825. The molecular weight excluding hydrogens is 350 g/mol. The van der Waals surface area contributed by atoms with Crippen LogP contribution in [0.2, 0.25) is 0 Å². The zero-order valence-electron chi connectivity index (χ0n) is 15.5. The van der Waals surface area contributed by atoms with Gasteiger partial charge in [-0.15, -0.1) is 0 Å². The molecule has 2 N–H and O–H groups in total. The second kappa shape index (κ2) is 7.88. The van der Waals surface area contributed by atoms with Crippen molar-refractivity contribution in [3.8, 4) is 0 Å². The third kappa shape index (κ3) is 5.31. The van der Waals surface area contributed by atoms with Crippen LogP contribution in [-0.4, -0.2) is 33.5 Å². The van der Waals surface area contributed by atoms with Crippen LogP contribution < -0.4 is 14.9 Å². The van der Waals surface area contributed by atoms with E-state index in [2.05, 4.69) is 10.6 Å². The molecule has 2 aromatic rings. The van der Waals surface area contributed by atoms with Gasteiger partial charge < -0.3 is 10.6 Å². The van der Waals surface area contributed by atoms with Gasteiger partial charge in [-0.3, -0.25) is 9.10 Å². The van der Waals surface area contributed by atoms with Gasteiger partial charge in [0.2, 0.25) is 5.91 Å². The highest BCUT2D eigenvalue weighted by Gasteiger charge is 2.21. The van der Waals surface area contributed by atoms with Crippen molar-refractivity contribution in [3.05, 3.63) is 54.6 Å². The summed E-state index contributed by atoms with van der Waals surface area (Å²) in [6, 6.07) is 15.1.